The van der Waals surface area contributed by atoms with E-state index in [-0.39, 0.29) is 11.9 Å². The van der Waals surface area contributed by atoms with Gasteiger partial charge < -0.3 is 15.6 Å². The number of aromatic amines is 1. The van der Waals surface area contributed by atoms with Crippen LogP contribution in [0.3, 0.4) is 0 Å². The highest BCUT2D eigenvalue weighted by Gasteiger charge is 2.08. The zero-order valence-electron chi connectivity index (χ0n) is 11.8. The minimum absolute atomic E-state index is 0.0211. The fourth-order valence-corrected chi connectivity index (χ4v) is 2.06. The molecule has 0 spiro atoms. The smallest absolute Gasteiger partial charge is 0.225 e. The van der Waals surface area contributed by atoms with E-state index in [0.29, 0.717) is 6.42 Å². The topological polar surface area (TPSA) is 69.8 Å². The van der Waals surface area contributed by atoms with Crippen LogP contribution in [0.5, 0.6) is 0 Å². The van der Waals surface area contributed by atoms with Crippen molar-refractivity contribution in [2.45, 2.75) is 26.3 Å². The first kappa shape index (κ1) is 14.3. The average molecular weight is 272 g/mol. The molecule has 0 saturated heterocycles. The molecule has 2 aromatic rings. The van der Waals surface area contributed by atoms with Crippen LogP contribution in [0.1, 0.15) is 20.3 Å². The third kappa shape index (κ3) is 3.93. The van der Waals surface area contributed by atoms with Crippen molar-refractivity contribution < 1.29 is 4.79 Å². The molecule has 0 saturated carbocycles. The summed E-state index contributed by atoms with van der Waals surface area (Å²) in [5.41, 5.74) is 2.81. The molecule has 0 aliphatic heterocycles. The Morgan fingerprint density at radius 2 is 2.10 bits per heavy atom. The molecule has 3 N–H and O–H groups in total. The van der Waals surface area contributed by atoms with Crippen molar-refractivity contribution in [3.8, 4) is 11.3 Å². The van der Waals surface area contributed by atoms with Crippen molar-refractivity contribution in [1.29, 1.82) is 0 Å². The van der Waals surface area contributed by atoms with E-state index in [0.717, 1.165) is 23.5 Å². The summed E-state index contributed by atoms with van der Waals surface area (Å²) in [6.45, 7) is 4.90. The number of aromatic nitrogens is 2. The Balaban J connectivity index is 1.92. The lowest BCUT2D eigenvalue weighted by atomic mass is 10.1. The molecule has 1 amide bonds. The lowest BCUT2D eigenvalue weighted by Gasteiger charge is -2.12. The van der Waals surface area contributed by atoms with E-state index in [4.69, 9.17) is 0 Å². The van der Waals surface area contributed by atoms with E-state index in [1.54, 1.807) is 12.5 Å². The number of H-pyrrole nitrogens is 1. The van der Waals surface area contributed by atoms with Gasteiger partial charge in [-0.3, -0.25) is 4.79 Å². The van der Waals surface area contributed by atoms with Crippen LogP contribution in [-0.4, -0.2) is 28.5 Å². The molecular formula is C15H20N4O. The molecule has 0 fully saturated rings. The van der Waals surface area contributed by atoms with Gasteiger partial charge in [0.15, 0.2) is 0 Å². The normalized spacial score (nSPS) is 12.1. The number of amides is 1. The van der Waals surface area contributed by atoms with Gasteiger partial charge in [0.1, 0.15) is 0 Å². The second-order valence-corrected chi connectivity index (χ2v) is 4.75. The number of carbonyl (C=O) groups is 1. The van der Waals surface area contributed by atoms with Crippen LogP contribution in [-0.2, 0) is 4.79 Å². The van der Waals surface area contributed by atoms with E-state index < -0.39 is 0 Å². The summed E-state index contributed by atoms with van der Waals surface area (Å²) in [6.07, 6.45) is 3.88. The number of rotatable bonds is 6. The standard InChI is InChI=1S/C15H20N4O/c1-3-17-11(2)8-15(20)19-13-6-4-12(5-7-13)14-9-16-10-18-14/h4-7,9-11,17H,3,8H2,1-2H3,(H,16,18)(H,19,20). The Morgan fingerprint density at radius 1 is 1.35 bits per heavy atom. The monoisotopic (exact) mass is 272 g/mol. The number of nitrogens with zero attached hydrogens (tertiary/aromatic N) is 1. The molecule has 1 unspecified atom stereocenters. The molecule has 5 heteroatoms. The Morgan fingerprint density at radius 3 is 2.70 bits per heavy atom. The van der Waals surface area contributed by atoms with Gasteiger partial charge in [-0.25, -0.2) is 4.98 Å². The maximum atomic E-state index is 11.8. The highest BCUT2D eigenvalue weighted by molar-refractivity contribution is 5.91. The summed E-state index contributed by atoms with van der Waals surface area (Å²) in [7, 11) is 0. The summed E-state index contributed by atoms with van der Waals surface area (Å²) in [6, 6.07) is 7.88. The molecule has 0 aliphatic carbocycles. The van der Waals surface area contributed by atoms with Gasteiger partial charge in [-0.05, 0) is 31.2 Å². The van der Waals surface area contributed by atoms with Crippen molar-refractivity contribution in [1.82, 2.24) is 15.3 Å². The van der Waals surface area contributed by atoms with E-state index in [9.17, 15) is 4.79 Å². The van der Waals surface area contributed by atoms with Crippen LogP contribution in [0.25, 0.3) is 11.3 Å². The van der Waals surface area contributed by atoms with Crippen LogP contribution in [0.4, 0.5) is 5.69 Å². The first-order valence-corrected chi connectivity index (χ1v) is 6.81. The summed E-state index contributed by atoms with van der Waals surface area (Å²) in [5, 5.41) is 6.12. The molecule has 0 radical (unpaired) electrons. The molecule has 0 bridgehead atoms. The largest absolute Gasteiger partial charge is 0.345 e. The summed E-state index contributed by atoms with van der Waals surface area (Å²) in [4.78, 5) is 18.9. The number of nitrogens with one attached hydrogen (secondary N) is 3. The minimum atomic E-state index is 0.0211. The first-order valence-electron chi connectivity index (χ1n) is 6.81. The van der Waals surface area contributed by atoms with Crippen molar-refractivity contribution in [2.75, 3.05) is 11.9 Å². The van der Waals surface area contributed by atoms with Crippen LogP contribution in [0.15, 0.2) is 36.8 Å². The van der Waals surface area contributed by atoms with Crippen LogP contribution < -0.4 is 10.6 Å². The van der Waals surface area contributed by atoms with Crippen LogP contribution in [0, 0.1) is 0 Å². The number of benzene rings is 1. The molecular weight excluding hydrogens is 252 g/mol. The van der Waals surface area contributed by atoms with Gasteiger partial charge in [0.25, 0.3) is 0 Å². The second-order valence-electron chi connectivity index (χ2n) is 4.75. The second kappa shape index (κ2) is 6.86. The van der Waals surface area contributed by atoms with Gasteiger partial charge in [0.2, 0.25) is 5.91 Å². The lowest BCUT2D eigenvalue weighted by Crippen LogP contribution is -2.30. The number of hydrogen-bond donors (Lipinski definition) is 3. The van der Waals surface area contributed by atoms with Crippen LogP contribution in [0.2, 0.25) is 0 Å². The Kier molecular flexibility index (Phi) is 4.90. The molecule has 1 atom stereocenters. The Hall–Kier alpha value is -2.14. The van der Waals surface area contributed by atoms with Gasteiger partial charge in [-0.1, -0.05) is 19.1 Å². The number of hydrogen-bond acceptors (Lipinski definition) is 3. The summed E-state index contributed by atoms with van der Waals surface area (Å²) < 4.78 is 0. The molecule has 1 aromatic heterocycles. The predicted octanol–water partition coefficient (Wildman–Crippen LogP) is 2.40. The summed E-state index contributed by atoms with van der Waals surface area (Å²) in [5.74, 6) is 0.0211. The van der Waals surface area contributed by atoms with Gasteiger partial charge in [0, 0.05) is 18.2 Å². The number of anilines is 1. The fraction of sp³-hybridized carbons (Fsp3) is 0.333. The zero-order valence-corrected chi connectivity index (χ0v) is 11.8. The average Bonchev–Trinajstić information content (AvgIpc) is 2.93. The van der Waals surface area contributed by atoms with Crippen molar-refractivity contribution in [3.63, 3.8) is 0 Å². The molecule has 106 valence electrons. The summed E-state index contributed by atoms with van der Waals surface area (Å²) >= 11 is 0. The van der Waals surface area contributed by atoms with E-state index >= 15 is 0 Å². The Bertz CT molecular complexity index is 534. The van der Waals surface area contributed by atoms with Crippen molar-refractivity contribution in [3.05, 3.63) is 36.8 Å². The minimum Gasteiger partial charge on any atom is -0.345 e. The molecule has 1 aromatic carbocycles. The van der Waals surface area contributed by atoms with Gasteiger partial charge in [-0.2, -0.15) is 0 Å². The quantitative estimate of drug-likeness (QED) is 0.756. The maximum absolute atomic E-state index is 11.8. The maximum Gasteiger partial charge on any atom is 0.225 e. The van der Waals surface area contributed by atoms with E-state index in [1.807, 2.05) is 38.1 Å². The molecule has 5 nitrogen and oxygen atoms in total. The van der Waals surface area contributed by atoms with Gasteiger partial charge in [-0.15, -0.1) is 0 Å². The zero-order chi connectivity index (χ0) is 14.4. The third-order valence-corrected chi connectivity index (χ3v) is 3.02. The van der Waals surface area contributed by atoms with E-state index in [1.165, 1.54) is 0 Å². The third-order valence-electron chi connectivity index (χ3n) is 3.02. The molecule has 2 rings (SSSR count). The van der Waals surface area contributed by atoms with E-state index in [2.05, 4.69) is 20.6 Å². The molecule has 20 heavy (non-hydrogen) atoms. The molecule has 0 aliphatic rings. The predicted molar refractivity (Wildman–Crippen MR) is 80.4 cm³/mol. The van der Waals surface area contributed by atoms with Gasteiger partial charge >= 0.3 is 0 Å². The van der Waals surface area contributed by atoms with Gasteiger partial charge in [0.05, 0.1) is 18.2 Å². The lowest BCUT2D eigenvalue weighted by molar-refractivity contribution is -0.116. The number of imidazole rings is 1. The fourth-order valence-electron chi connectivity index (χ4n) is 2.06. The van der Waals surface area contributed by atoms with Crippen molar-refractivity contribution in [2.24, 2.45) is 0 Å². The first-order chi connectivity index (χ1) is 9.69. The SMILES string of the molecule is CCNC(C)CC(=O)Nc1ccc(-c2cnc[nH]2)cc1. The van der Waals surface area contributed by atoms with Crippen LogP contribution >= 0.6 is 0 Å². The van der Waals surface area contributed by atoms with Crippen molar-refractivity contribution >= 4 is 11.6 Å². The number of carbonyl (C=O) groups excluding carboxylic acids is 1. The highest BCUT2D eigenvalue weighted by Crippen LogP contribution is 2.18. The Labute approximate surface area is 118 Å². The molecule has 1 heterocycles. The highest BCUT2D eigenvalue weighted by atomic mass is 16.1.